The number of thiophene rings is 1. The van der Waals surface area contributed by atoms with Crippen LogP contribution in [0.2, 0.25) is 0 Å². The summed E-state index contributed by atoms with van der Waals surface area (Å²) >= 11 is 1.80. The van der Waals surface area contributed by atoms with E-state index in [1.165, 1.54) is 9.75 Å². The number of aryl methyl sites for hydroxylation is 1. The average molecular weight is 304 g/mol. The van der Waals surface area contributed by atoms with Gasteiger partial charge in [0.15, 0.2) is 0 Å². The van der Waals surface area contributed by atoms with Gasteiger partial charge in [0.05, 0.1) is 12.2 Å². The summed E-state index contributed by atoms with van der Waals surface area (Å²) in [6, 6.07) is 9.60. The van der Waals surface area contributed by atoms with E-state index in [0.717, 1.165) is 18.7 Å². The van der Waals surface area contributed by atoms with E-state index >= 15 is 0 Å². The quantitative estimate of drug-likeness (QED) is 0.631. The van der Waals surface area contributed by atoms with Crippen LogP contribution in [0.5, 0.6) is 0 Å². The van der Waals surface area contributed by atoms with E-state index in [-0.39, 0.29) is 5.97 Å². The molecule has 1 aromatic heterocycles. The van der Waals surface area contributed by atoms with Crippen LogP contribution in [0.1, 0.15) is 34.0 Å². The van der Waals surface area contributed by atoms with Crippen LogP contribution >= 0.6 is 11.3 Å². The van der Waals surface area contributed by atoms with Crippen LogP contribution in [0.4, 0.5) is 11.4 Å². The molecule has 2 rings (SSSR count). The Morgan fingerprint density at radius 1 is 1.24 bits per heavy atom. The van der Waals surface area contributed by atoms with Crippen molar-refractivity contribution in [2.24, 2.45) is 0 Å². The topological polar surface area (TPSA) is 64.3 Å². The van der Waals surface area contributed by atoms with Gasteiger partial charge < -0.3 is 15.8 Å². The Kier molecular flexibility index (Phi) is 5.22. The van der Waals surface area contributed by atoms with E-state index in [9.17, 15) is 4.79 Å². The Morgan fingerprint density at radius 3 is 2.67 bits per heavy atom. The molecule has 0 unspecified atom stereocenters. The van der Waals surface area contributed by atoms with Gasteiger partial charge in [-0.05, 0) is 43.7 Å². The first-order valence-electron chi connectivity index (χ1n) is 7.02. The predicted octanol–water partition coefficient (Wildman–Crippen LogP) is 3.68. The minimum Gasteiger partial charge on any atom is -0.462 e. The molecule has 0 aliphatic carbocycles. The number of ether oxygens (including phenoxy) is 1. The van der Waals surface area contributed by atoms with E-state index in [4.69, 9.17) is 10.5 Å². The number of benzene rings is 1. The third-order valence-corrected chi connectivity index (χ3v) is 4.31. The summed E-state index contributed by atoms with van der Waals surface area (Å²) in [4.78, 5) is 14.4. The molecule has 0 saturated carbocycles. The molecule has 112 valence electrons. The Morgan fingerprint density at radius 2 is 2.00 bits per heavy atom. The molecule has 21 heavy (non-hydrogen) atoms. The number of nitrogen functional groups attached to an aromatic ring is 1. The van der Waals surface area contributed by atoms with Gasteiger partial charge in [-0.15, -0.1) is 11.3 Å². The molecule has 1 heterocycles. The molecule has 0 aliphatic heterocycles. The maximum absolute atomic E-state index is 11.8. The molecule has 0 spiro atoms. The lowest BCUT2D eigenvalue weighted by Gasteiger charge is -2.09. The minimum atomic E-state index is -0.386. The number of esters is 1. The highest BCUT2D eigenvalue weighted by Gasteiger charge is 2.11. The van der Waals surface area contributed by atoms with Crippen molar-refractivity contribution >= 4 is 28.7 Å². The largest absolute Gasteiger partial charge is 0.462 e. The monoisotopic (exact) mass is 304 g/mol. The predicted molar refractivity (Wildman–Crippen MR) is 87.8 cm³/mol. The van der Waals surface area contributed by atoms with Gasteiger partial charge in [-0.1, -0.05) is 6.92 Å². The zero-order valence-electron chi connectivity index (χ0n) is 12.3. The first kappa shape index (κ1) is 15.4. The Bertz CT molecular complexity index is 622. The third-order valence-electron chi connectivity index (χ3n) is 3.08. The zero-order valence-corrected chi connectivity index (χ0v) is 13.1. The number of carbonyl (C=O) groups is 1. The maximum Gasteiger partial charge on any atom is 0.340 e. The molecular weight excluding hydrogens is 284 g/mol. The van der Waals surface area contributed by atoms with Crippen molar-refractivity contribution in [1.29, 1.82) is 0 Å². The van der Waals surface area contributed by atoms with Crippen LogP contribution in [0, 0.1) is 0 Å². The van der Waals surface area contributed by atoms with Crippen LogP contribution in [0.15, 0.2) is 30.3 Å². The van der Waals surface area contributed by atoms with Crippen molar-refractivity contribution in [3.8, 4) is 0 Å². The number of nitrogens with two attached hydrogens (primary N) is 1. The van der Waals surface area contributed by atoms with Crippen molar-refractivity contribution in [2.75, 3.05) is 17.7 Å². The summed E-state index contributed by atoms with van der Waals surface area (Å²) in [5.41, 5.74) is 7.52. The van der Waals surface area contributed by atoms with Crippen LogP contribution in [0.25, 0.3) is 0 Å². The Hall–Kier alpha value is -2.01. The number of nitrogens with one attached hydrogen (secondary N) is 1. The zero-order chi connectivity index (χ0) is 15.2. The van der Waals surface area contributed by atoms with Gasteiger partial charge >= 0.3 is 5.97 Å². The molecule has 0 amide bonds. The van der Waals surface area contributed by atoms with E-state index in [0.29, 0.717) is 17.9 Å². The number of hydrogen-bond acceptors (Lipinski definition) is 5. The number of hydrogen-bond donors (Lipinski definition) is 2. The molecule has 0 aliphatic rings. The number of carbonyl (C=O) groups excluding carboxylic acids is 1. The molecule has 0 fully saturated rings. The fourth-order valence-corrected chi connectivity index (χ4v) is 2.85. The van der Waals surface area contributed by atoms with E-state index in [2.05, 4.69) is 24.4 Å². The number of anilines is 2. The third kappa shape index (κ3) is 3.98. The van der Waals surface area contributed by atoms with Gasteiger partial charge in [-0.3, -0.25) is 0 Å². The molecule has 4 nitrogen and oxygen atoms in total. The lowest BCUT2D eigenvalue weighted by atomic mass is 10.1. The highest BCUT2D eigenvalue weighted by molar-refractivity contribution is 7.12. The van der Waals surface area contributed by atoms with Gasteiger partial charge in [0, 0.05) is 27.7 Å². The van der Waals surface area contributed by atoms with Gasteiger partial charge in [0.25, 0.3) is 0 Å². The first-order chi connectivity index (χ1) is 10.1. The molecular formula is C16H20N2O2S. The van der Waals surface area contributed by atoms with Gasteiger partial charge in [0.2, 0.25) is 0 Å². The Labute approximate surface area is 128 Å². The normalized spacial score (nSPS) is 10.4. The van der Waals surface area contributed by atoms with Crippen molar-refractivity contribution in [1.82, 2.24) is 0 Å². The molecule has 0 atom stereocenters. The Balaban J connectivity index is 2.06. The smallest absolute Gasteiger partial charge is 0.340 e. The summed E-state index contributed by atoms with van der Waals surface area (Å²) in [6.45, 7) is 4.99. The molecule has 0 bridgehead atoms. The second-order valence-corrected chi connectivity index (χ2v) is 5.85. The second-order valence-electron chi connectivity index (χ2n) is 4.60. The van der Waals surface area contributed by atoms with Gasteiger partial charge in [-0.25, -0.2) is 4.79 Å². The fraction of sp³-hybridized carbons (Fsp3) is 0.312. The molecule has 0 saturated heterocycles. The van der Waals surface area contributed by atoms with Crippen LogP contribution in [-0.4, -0.2) is 12.6 Å². The summed E-state index contributed by atoms with van der Waals surface area (Å²) in [5, 5.41) is 3.31. The maximum atomic E-state index is 11.8. The van der Waals surface area contributed by atoms with E-state index < -0.39 is 0 Å². The summed E-state index contributed by atoms with van der Waals surface area (Å²) < 4.78 is 5.00. The summed E-state index contributed by atoms with van der Waals surface area (Å²) in [5.74, 6) is -0.386. The first-order valence-corrected chi connectivity index (χ1v) is 7.83. The minimum absolute atomic E-state index is 0.338. The van der Waals surface area contributed by atoms with Crippen molar-refractivity contribution in [2.45, 2.75) is 26.8 Å². The summed E-state index contributed by atoms with van der Waals surface area (Å²) in [6.07, 6.45) is 1.06. The molecule has 2 aromatic rings. The molecule has 1 aromatic carbocycles. The molecule has 5 heteroatoms. The average Bonchev–Trinajstić information content (AvgIpc) is 2.94. The van der Waals surface area contributed by atoms with Crippen LogP contribution < -0.4 is 11.1 Å². The van der Waals surface area contributed by atoms with Crippen LogP contribution in [-0.2, 0) is 17.7 Å². The van der Waals surface area contributed by atoms with E-state index in [1.54, 1.807) is 30.4 Å². The van der Waals surface area contributed by atoms with Crippen molar-refractivity contribution in [3.63, 3.8) is 0 Å². The molecule has 0 radical (unpaired) electrons. The molecule has 3 N–H and O–H groups in total. The summed E-state index contributed by atoms with van der Waals surface area (Å²) in [7, 11) is 0. The van der Waals surface area contributed by atoms with Gasteiger partial charge in [-0.2, -0.15) is 0 Å². The standard InChI is InChI=1S/C16H20N2O2S/c1-3-12-6-7-13(21-12)10-18-11-5-8-15(17)14(9-11)16(19)20-4-2/h5-9,18H,3-4,10,17H2,1-2H3. The lowest BCUT2D eigenvalue weighted by molar-refractivity contribution is 0.0527. The van der Waals surface area contributed by atoms with Crippen LogP contribution in [0.3, 0.4) is 0 Å². The fourth-order valence-electron chi connectivity index (χ4n) is 1.95. The van der Waals surface area contributed by atoms with Crippen molar-refractivity contribution < 1.29 is 9.53 Å². The van der Waals surface area contributed by atoms with Crippen molar-refractivity contribution in [3.05, 3.63) is 45.6 Å². The second kappa shape index (κ2) is 7.13. The van der Waals surface area contributed by atoms with E-state index in [1.807, 2.05) is 6.07 Å². The van der Waals surface area contributed by atoms with Gasteiger partial charge in [0.1, 0.15) is 0 Å². The SMILES string of the molecule is CCOC(=O)c1cc(NCc2ccc(CC)s2)ccc1N. The highest BCUT2D eigenvalue weighted by Crippen LogP contribution is 2.21. The lowest BCUT2D eigenvalue weighted by Crippen LogP contribution is -2.09. The number of rotatable bonds is 6. The highest BCUT2D eigenvalue weighted by atomic mass is 32.1.